The number of nitrogens with one attached hydrogen (secondary N) is 1. The highest BCUT2D eigenvalue weighted by Gasteiger charge is 2.37. The van der Waals surface area contributed by atoms with E-state index in [1.165, 1.54) is 22.7 Å². The van der Waals surface area contributed by atoms with Crippen molar-refractivity contribution in [1.29, 1.82) is 0 Å². The fourth-order valence-electron chi connectivity index (χ4n) is 2.05. The van der Waals surface area contributed by atoms with Crippen LogP contribution in [0.4, 0.5) is 13.2 Å². The van der Waals surface area contributed by atoms with E-state index in [2.05, 4.69) is 15.3 Å². The minimum Gasteiger partial charge on any atom is -0.350 e. The molecule has 0 radical (unpaired) electrons. The van der Waals surface area contributed by atoms with Crippen LogP contribution in [-0.2, 0) is 4.79 Å². The maximum absolute atomic E-state index is 12.2. The second-order valence-electron chi connectivity index (χ2n) is 5.27. The summed E-state index contributed by atoms with van der Waals surface area (Å²) >= 11 is 2.79. The fourth-order valence-corrected chi connectivity index (χ4v) is 3.96. The van der Waals surface area contributed by atoms with Gasteiger partial charge in [0.25, 0.3) is 5.91 Å². The Balaban J connectivity index is 1.69. The van der Waals surface area contributed by atoms with Crippen molar-refractivity contribution >= 4 is 34.4 Å². The van der Waals surface area contributed by atoms with E-state index >= 15 is 0 Å². The first kappa shape index (κ1) is 17.0. The molecule has 128 valence electrons. The zero-order chi connectivity index (χ0) is 17.3. The van der Waals surface area contributed by atoms with Crippen molar-refractivity contribution in [2.24, 2.45) is 0 Å². The number of Topliss-reactive ketones (excluding diaryl/α,β-unsaturated/α-hetero) is 1. The van der Waals surface area contributed by atoms with Crippen LogP contribution >= 0.6 is 22.7 Å². The number of thiazole rings is 2. The van der Waals surface area contributed by atoms with Gasteiger partial charge in [-0.15, -0.1) is 22.7 Å². The first-order chi connectivity index (χ1) is 11.4. The van der Waals surface area contributed by atoms with E-state index in [1.54, 1.807) is 11.6 Å². The van der Waals surface area contributed by atoms with E-state index < -0.39 is 24.3 Å². The van der Waals surface area contributed by atoms with Gasteiger partial charge in [-0.25, -0.2) is 9.97 Å². The Labute approximate surface area is 142 Å². The van der Waals surface area contributed by atoms with Crippen LogP contribution in [0.3, 0.4) is 0 Å². The smallest absolute Gasteiger partial charge is 0.350 e. The standard InChI is InChI=1S/C14H12F3N3O2S2/c15-14(16,17)8(21)3-4-18-11(22)9-10(7-1-2-7)24-13(20-9)12-19-5-6-23-12/h5-7H,1-4H2,(H,18,22). The molecule has 24 heavy (non-hydrogen) atoms. The number of ketones is 1. The van der Waals surface area contributed by atoms with Crippen LogP contribution in [0.15, 0.2) is 11.6 Å². The first-order valence-electron chi connectivity index (χ1n) is 7.15. The molecule has 2 aromatic heterocycles. The van der Waals surface area contributed by atoms with Gasteiger partial charge in [0.2, 0.25) is 5.78 Å². The Morgan fingerprint density at radius 3 is 2.62 bits per heavy atom. The molecule has 2 aromatic rings. The van der Waals surface area contributed by atoms with Crippen molar-refractivity contribution in [2.75, 3.05) is 6.54 Å². The summed E-state index contributed by atoms with van der Waals surface area (Å²) in [5, 5.41) is 5.48. The lowest BCUT2D eigenvalue weighted by molar-refractivity contribution is -0.170. The van der Waals surface area contributed by atoms with Gasteiger partial charge in [-0.3, -0.25) is 9.59 Å². The number of hydrogen-bond donors (Lipinski definition) is 1. The number of carbonyl (C=O) groups excluding carboxylic acids is 2. The van der Waals surface area contributed by atoms with E-state index in [0.29, 0.717) is 10.0 Å². The van der Waals surface area contributed by atoms with Gasteiger partial charge in [0, 0.05) is 29.4 Å². The molecule has 1 fully saturated rings. The molecule has 3 rings (SSSR count). The molecule has 2 heterocycles. The number of alkyl halides is 3. The van der Waals surface area contributed by atoms with E-state index in [-0.39, 0.29) is 18.2 Å². The molecule has 0 unspecified atom stereocenters. The highest BCUT2D eigenvalue weighted by atomic mass is 32.1. The summed E-state index contributed by atoms with van der Waals surface area (Å²) in [7, 11) is 0. The number of nitrogens with zero attached hydrogens (tertiary/aromatic N) is 2. The molecule has 0 aromatic carbocycles. The monoisotopic (exact) mass is 375 g/mol. The largest absolute Gasteiger partial charge is 0.450 e. The van der Waals surface area contributed by atoms with Gasteiger partial charge in [0.1, 0.15) is 5.69 Å². The molecule has 0 aliphatic heterocycles. The summed E-state index contributed by atoms with van der Waals surface area (Å²) in [5.74, 6) is -2.13. The summed E-state index contributed by atoms with van der Waals surface area (Å²) in [6.07, 6.45) is -2.08. The molecule has 0 saturated heterocycles. The third kappa shape index (κ3) is 3.81. The maximum atomic E-state index is 12.2. The Kier molecular flexibility index (Phi) is 4.68. The molecule has 5 nitrogen and oxygen atoms in total. The third-order valence-corrected chi connectivity index (χ3v) is 5.52. The third-order valence-electron chi connectivity index (χ3n) is 3.39. The Bertz CT molecular complexity index is 752. The van der Waals surface area contributed by atoms with Crippen molar-refractivity contribution in [3.63, 3.8) is 0 Å². The lowest BCUT2D eigenvalue weighted by Crippen LogP contribution is -2.31. The van der Waals surface area contributed by atoms with Crippen molar-refractivity contribution in [3.8, 4) is 10.0 Å². The van der Waals surface area contributed by atoms with Crippen LogP contribution in [0.2, 0.25) is 0 Å². The number of rotatable bonds is 6. The van der Waals surface area contributed by atoms with Gasteiger partial charge in [-0.2, -0.15) is 13.2 Å². The Hall–Kier alpha value is -1.81. The van der Waals surface area contributed by atoms with Gasteiger partial charge in [0.15, 0.2) is 10.0 Å². The number of carbonyl (C=O) groups is 2. The molecule has 1 saturated carbocycles. The SMILES string of the molecule is O=C(NCCC(=O)C(F)(F)F)c1nc(-c2nccs2)sc1C1CC1. The van der Waals surface area contributed by atoms with E-state index in [1.807, 2.05) is 0 Å². The first-order valence-corrected chi connectivity index (χ1v) is 8.84. The van der Waals surface area contributed by atoms with Crippen LogP contribution in [0.1, 0.15) is 40.5 Å². The minimum atomic E-state index is -4.87. The highest BCUT2D eigenvalue weighted by molar-refractivity contribution is 7.20. The van der Waals surface area contributed by atoms with E-state index in [9.17, 15) is 22.8 Å². The number of hydrogen-bond acceptors (Lipinski definition) is 6. The summed E-state index contributed by atoms with van der Waals surface area (Å²) in [4.78, 5) is 32.4. The molecule has 0 spiro atoms. The van der Waals surface area contributed by atoms with Gasteiger partial charge >= 0.3 is 6.18 Å². The quantitative estimate of drug-likeness (QED) is 0.840. The lowest BCUT2D eigenvalue weighted by atomic mass is 10.2. The molecule has 0 atom stereocenters. The average Bonchev–Trinajstić information content (AvgIpc) is 3.04. The van der Waals surface area contributed by atoms with Gasteiger partial charge < -0.3 is 5.32 Å². The van der Waals surface area contributed by atoms with Crippen molar-refractivity contribution < 1.29 is 22.8 Å². The molecule has 1 aliphatic rings. The Morgan fingerprint density at radius 2 is 2.04 bits per heavy atom. The normalized spacial score (nSPS) is 14.6. The summed E-state index contributed by atoms with van der Waals surface area (Å²) in [5.41, 5.74) is 0.229. The van der Waals surface area contributed by atoms with Crippen LogP contribution in [0.25, 0.3) is 10.0 Å². The molecule has 0 bridgehead atoms. The molecule has 1 aliphatic carbocycles. The lowest BCUT2D eigenvalue weighted by Gasteiger charge is -2.06. The predicted molar refractivity (Wildman–Crippen MR) is 83.2 cm³/mol. The second kappa shape index (κ2) is 6.60. The topological polar surface area (TPSA) is 72.0 Å². The average molecular weight is 375 g/mol. The zero-order valence-electron chi connectivity index (χ0n) is 12.2. The van der Waals surface area contributed by atoms with Crippen molar-refractivity contribution in [2.45, 2.75) is 31.4 Å². The fraction of sp³-hybridized carbons (Fsp3) is 0.429. The second-order valence-corrected chi connectivity index (χ2v) is 7.20. The number of aromatic nitrogens is 2. The van der Waals surface area contributed by atoms with Crippen LogP contribution in [0, 0.1) is 0 Å². The molecular formula is C14H12F3N3O2S2. The van der Waals surface area contributed by atoms with Crippen LogP contribution in [-0.4, -0.2) is 34.4 Å². The molecule has 1 amide bonds. The predicted octanol–water partition coefficient (Wildman–Crippen LogP) is 3.40. The molecule has 1 N–H and O–H groups in total. The highest BCUT2D eigenvalue weighted by Crippen LogP contribution is 2.46. The minimum absolute atomic E-state index is 0.229. The zero-order valence-corrected chi connectivity index (χ0v) is 13.9. The van der Waals surface area contributed by atoms with Gasteiger partial charge in [0.05, 0.1) is 0 Å². The Morgan fingerprint density at radius 1 is 1.29 bits per heavy atom. The van der Waals surface area contributed by atoms with Gasteiger partial charge in [-0.05, 0) is 18.8 Å². The number of amides is 1. The van der Waals surface area contributed by atoms with Crippen molar-refractivity contribution in [1.82, 2.24) is 15.3 Å². The summed E-state index contributed by atoms with van der Waals surface area (Å²) in [6.45, 7) is -0.370. The maximum Gasteiger partial charge on any atom is 0.450 e. The summed E-state index contributed by atoms with van der Waals surface area (Å²) < 4.78 is 36.5. The number of halogens is 3. The van der Waals surface area contributed by atoms with E-state index in [0.717, 1.165) is 17.7 Å². The van der Waals surface area contributed by atoms with Crippen LogP contribution < -0.4 is 5.32 Å². The van der Waals surface area contributed by atoms with Crippen molar-refractivity contribution in [3.05, 3.63) is 22.1 Å². The molecular weight excluding hydrogens is 363 g/mol. The van der Waals surface area contributed by atoms with Gasteiger partial charge in [-0.1, -0.05) is 0 Å². The van der Waals surface area contributed by atoms with E-state index in [4.69, 9.17) is 0 Å². The summed E-state index contributed by atoms with van der Waals surface area (Å²) in [6, 6.07) is 0. The molecule has 10 heteroatoms. The van der Waals surface area contributed by atoms with Crippen LogP contribution in [0.5, 0.6) is 0 Å².